The highest BCUT2D eigenvalue weighted by Crippen LogP contribution is 2.45. The Hall–Kier alpha value is -1.19. The molecule has 0 amide bonds. The minimum atomic E-state index is -0.321. The van der Waals surface area contributed by atoms with Gasteiger partial charge in [-0.3, -0.25) is 0 Å². The van der Waals surface area contributed by atoms with Gasteiger partial charge in [-0.25, -0.2) is 4.98 Å². The molecule has 1 aromatic carbocycles. The van der Waals surface area contributed by atoms with Crippen LogP contribution in [0.15, 0.2) is 24.3 Å². The molecule has 2 nitrogen and oxygen atoms in total. The molecule has 0 bridgehead atoms. The van der Waals surface area contributed by atoms with E-state index in [9.17, 15) is 5.11 Å². The Morgan fingerprint density at radius 3 is 2.52 bits per heavy atom. The van der Waals surface area contributed by atoms with Crippen molar-refractivity contribution in [2.45, 2.75) is 51.6 Å². The van der Waals surface area contributed by atoms with Crippen molar-refractivity contribution in [3.8, 4) is 0 Å². The second kappa shape index (κ2) is 4.65. The van der Waals surface area contributed by atoms with E-state index in [-0.39, 0.29) is 11.5 Å². The van der Waals surface area contributed by atoms with Crippen LogP contribution in [0.1, 0.15) is 59.0 Å². The second-order valence-corrected chi connectivity index (χ2v) is 8.36. The number of hydrogen-bond donors (Lipinski definition) is 1. The van der Waals surface area contributed by atoms with Crippen LogP contribution in [0, 0.1) is 5.41 Å². The zero-order valence-corrected chi connectivity index (χ0v) is 13.4. The van der Waals surface area contributed by atoms with Crippen molar-refractivity contribution in [3.05, 3.63) is 51.0 Å². The Bertz CT molecular complexity index is 663. The molecule has 2 aromatic rings. The molecule has 0 spiro atoms. The first-order chi connectivity index (χ1) is 10.0. The molecule has 3 heteroatoms. The summed E-state index contributed by atoms with van der Waals surface area (Å²) in [6.07, 6.45) is 3.73. The summed E-state index contributed by atoms with van der Waals surface area (Å²) in [4.78, 5) is 6.05. The Morgan fingerprint density at radius 2 is 1.86 bits per heavy atom. The third kappa shape index (κ3) is 2.33. The van der Waals surface area contributed by atoms with Crippen LogP contribution in [0.5, 0.6) is 0 Å². The number of aliphatic hydroxyl groups excluding tert-OH is 1. The minimum Gasteiger partial charge on any atom is -0.387 e. The molecule has 110 valence electrons. The molecular formula is C18H21NOS. The summed E-state index contributed by atoms with van der Waals surface area (Å²) in [5.41, 5.74) is 4.25. The number of hydrogen-bond acceptors (Lipinski definition) is 3. The third-order valence-corrected chi connectivity index (χ3v) is 6.20. The van der Waals surface area contributed by atoms with Gasteiger partial charge in [0, 0.05) is 5.92 Å². The standard InChI is InChI=1S/C18H21NOS/c1-18(2)9-14-16(15(20)10-18)21-17(19-14)13-7-11-5-3-4-6-12(11)8-13/h3-6,13,15,20H,7-10H2,1-2H3. The molecule has 1 unspecified atom stereocenters. The fraction of sp³-hybridized carbons (Fsp3) is 0.500. The smallest absolute Gasteiger partial charge is 0.0969 e. The molecule has 0 fully saturated rings. The minimum absolute atomic E-state index is 0.163. The number of aliphatic hydroxyl groups is 1. The van der Waals surface area contributed by atoms with Gasteiger partial charge in [0.25, 0.3) is 0 Å². The zero-order chi connectivity index (χ0) is 14.6. The van der Waals surface area contributed by atoms with Crippen LogP contribution < -0.4 is 0 Å². The molecule has 1 atom stereocenters. The summed E-state index contributed by atoms with van der Waals surface area (Å²) in [6.45, 7) is 4.45. The maximum atomic E-state index is 10.4. The monoisotopic (exact) mass is 299 g/mol. The number of rotatable bonds is 1. The largest absolute Gasteiger partial charge is 0.387 e. The molecule has 1 N–H and O–H groups in total. The maximum Gasteiger partial charge on any atom is 0.0969 e. The van der Waals surface area contributed by atoms with E-state index in [1.54, 1.807) is 11.3 Å². The number of benzene rings is 1. The van der Waals surface area contributed by atoms with Crippen LogP contribution in [-0.4, -0.2) is 10.1 Å². The summed E-state index contributed by atoms with van der Waals surface area (Å²) >= 11 is 1.75. The topological polar surface area (TPSA) is 33.1 Å². The lowest BCUT2D eigenvalue weighted by atomic mass is 9.77. The van der Waals surface area contributed by atoms with Gasteiger partial charge in [0.1, 0.15) is 0 Å². The molecule has 4 rings (SSSR count). The Morgan fingerprint density at radius 1 is 1.19 bits per heavy atom. The average Bonchev–Trinajstić information content (AvgIpc) is 2.99. The van der Waals surface area contributed by atoms with E-state index in [4.69, 9.17) is 4.98 Å². The fourth-order valence-electron chi connectivity index (χ4n) is 3.82. The van der Waals surface area contributed by atoms with Crippen molar-refractivity contribution in [2.75, 3.05) is 0 Å². The lowest BCUT2D eigenvalue weighted by Gasteiger charge is -2.31. The van der Waals surface area contributed by atoms with Crippen LogP contribution in [0.25, 0.3) is 0 Å². The van der Waals surface area contributed by atoms with Crippen molar-refractivity contribution < 1.29 is 5.11 Å². The van der Waals surface area contributed by atoms with Gasteiger partial charge in [-0.15, -0.1) is 11.3 Å². The van der Waals surface area contributed by atoms with Crippen molar-refractivity contribution in [3.63, 3.8) is 0 Å². The fourth-order valence-corrected chi connectivity index (χ4v) is 4.99. The molecule has 21 heavy (non-hydrogen) atoms. The molecule has 2 aliphatic rings. The molecular weight excluding hydrogens is 278 g/mol. The van der Waals surface area contributed by atoms with Gasteiger partial charge >= 0.3 is 0 Å². The van der Waals surface area contributed by atoms with Crippen molar-refractivity contribution >= 4 is 11.3 Å². The molecule has 1 aromatic heterocycles. The van der Waals surface area contributed by atoms with E-state index < -0.39 is 0 Å². The van der Waals surface area contributed by atoms with Gasteiger partial charge in [0.15, 0.2) is 0 Å². The number of aromatic nitrogens is 1. The van der Waals surface area contributed by atoms with Crippen molar-refractivity contribution in [2.24, 2.45) is 5.41 Å². The lowest BCUT2D eigenvalue weighted by Crippen LogP contribution is -2.24. The second-order valence-electron chi connectivity index (χ2n) is 7.30. The first kappa shape index (κ1) is 13.5. The molecule has 0 saturated carbocycles. The molecule has 0 radical (unpaired) electrons. The van der Waals surface area contributed by atoms with Crippen molar-refractivity contribution in [1.82, 2.24) is 4.98 Å². The van der Waals surface area contributed by atoms with E-state index >= 15 is 0 Å². The van der Waals surface area contributed by atoms with Crippen LogP contribution >= 0.6 is 11.3 Å². The van der Waals surface area contributed by atoms with Crippen LogP contribution in [0.3, 0.4) is 0 Å². The van der Waals surface area contributed by atoms with Gasteiger partial charge in [-0.1, -0.05) is 38.1 Å². The Kier molecular flexibility index (Phi) is 2.98. The van der Waals surface area contributed by atoms with E-state index in [1.807, 2.05) is 0 Å². The summed E-state index contributed by atoms with van der Waals surface area (Å²) < 4.78 is 0. The number of fused-ring (bicyclic) bond motifs is 2. The van der Waals surface area contributed by atoms with E-state index in [0.717, 1.165) is 36.3 Å². The lowest BCUT2D eigenvalue weighted by molar-refractivity contribution is 0.102. The first-order valence-corrected chi connectivity index (χ1v) is 8.58. The summed E-state index contributed by atoms with van der Waals surface area (Å²) in [5.74, 6) is 0.508. The highest BCUT2D eigenvalue weighted by molar-refractivity contribution is 7.12. The van der Waals surface area contributed by atoms with E-state index in [1.165, 1.54) is 16.1 Å². The molecule has 0 saturated heterocycles. The Labute approximate surface area is 129 Å². The molecule has 0 aliphatic heterocycles. The van der Waals surface area contributed by atoms with Gasteiger partial charge in [-0.05, 0) is 42.2 Å². The average molecular weight is 299 g/mol. The molecule has 1 heterocycles. The van der Waals surface area contributed by atoms with Crippen molar-refractivity contribution in [1.29, 1.82) is 0 Å². The van der Waals surface area contributed by atoms with Gasteiger partial charge in [0.05, 0.1) is 21.7 Å². The van der Waals surface area contributed by atoms with Crippen LogP contribution in [-0.2, 0) is 19.3 Å². The van der Waals surface area contributed by atoms with Gasteiger partial charge < -0.3 is 5.11 Å². The summed E-state index contributed by atoms with van der Waals surface area (Å²) in [5, 5.41) is 11.6. The maximum absolute atomic E-state index is 10.4. The summed E-state index contributed by atoms with van der Waals surface area (Å²) in [6, 6.07) is 8.72. The number of thiazole rings is 1. The highest BCUT2D eigenvalue weighted by Gasteiger charge is 2.35. The first-order valence-electron chi connectivity index (χ1n) is 7.76. The number of nitrogens with zero attached hydrogens (tertiary/aromatic N) is 1. The van der Waals surface area contributed by atoms with Crippen LogP contribution in [0.2, 0.25) is 0 Å². The normalized spacial score (nSPS) is 23.9. The van der Waals surface area contributed by atoms with Gasteiger partial charge in [-0.2, -0.15) is 0 Å². The van der Waals surface area contributed by atoms with E-state index in [0.29, 0.717) is 5.92 Å². The summed E-state index contributed by atoms with van der Waals surface area (Å²) in [7, 11) is 0. The predicted octanol–water partition coefficient (Wildman–Crippen LogP) is 4.03. The quantitative estimate of drug-likeness (QED) is 0.862. The third-order valence-electron chi connectivity index (χ3n) is 4.84. The van der Waals surface area contributed by atoms with Gasteiger partial charge in [0.2, 0.25) is 0 Å². The predicted molar refractivity (Wildman–Crippen MR) is 85.8 cm³/mol. The van der Waals surface area contributed by atoms with Crippen LogP contribution in [0.4, 0.5) is 0 Å². The highest BCUT2D eigenvalue weighted by atomic mass is 32.1. The molecule has 2 aliphatic carbocycles. The zero-order valence-electron chi connectivity index (χ0n) is 12.6. The SMILES string of the molecule is CC1(C)Cc2nc(C3Cc4ccccc4C3)sc2C(O)C1. The Balaban J connectivity index is 1.65. The van der Waals surface area contributed by atoms with E-state index in [2.05, 4.69) is 38.1 Å².